The Morgan fingerprint density at radius 2 is 1.94 bits per heavy atom. The fraction of sp³-hybridized carbons (Fsp3) is 0. The molecule has 1 N–H and O–H groups in total. The number of benzene rings is 1. The van der Waals surface area contributed by atoms with E-state index in [9.17, 15) is 0 Å². The molecule has 86 valence electrons. The smallest absolute Gasteiger partial charge is 0.139 e. The Bertz CT molecular complexity index is 767. The zero-order chi connectivity index (χ0) is 11.9. The van der Waals surface area contributed by atoms with Crippen LogP contribution >= 0.6 is 0 Å². The van der Waals surface area contributed by atoms with Crippen molar-refractivity contribution in [2.24, 2.45) is 0 Å². The third-order valence-electron chi connectivity index (χ3n) is 3.29. The Hall–Kier alpha value is -2.55. The zero-order valence-corrected chi connectivity index (χ0v) is 9.67. The molecular formula is C15H11N3. The van der Waals surface area contributed by atoms with Crippen LogP contribution in [0.3, 0.4) is 0 Å². The van der Waals surface area contributed by atoms with Gasteiger partial charge in [-0.3, -0.25) is 0 Å². The maximum absolute atomic E-state index is 4.32. The van der Waals surface area contributed by atoms with Crippen LogP contribution in [0.4, 0.5) is 0 Å². The molecule has 0 aliphatic rings. The third kappa shape index (κ3) is 1.21. The maximum Gasteiger partial charge on any atom is 0.139 e. The van der Waals surface area contributed by atoms with E-state index >= 15 is 0 Å². The van der Waals surface area contributed by atoms with Gasteiger partial charge in [-0.1, -0.05) is 18.2 Å². The topological polar surface area (TPSA) is 33.6 Å². The summed E-state index contributed by atoms with van der Waals surface area (Å²) in [6.45, 7) is 0. The van der Waals surface area contributed by atoms with Crippen LogP contribution in [0.15, 0.2) is 61.1 Å². The van der Waals surface area contributed by atoms with Gasteiger partial charge in [-0.2, -0.15) is 0 Å². The summed E-state index contributed by atoms with van der Waals surface area (Å²) in [5, 5.41) is 2.38. The summed E-state index contributed by atoms with van der Waals surface area (Å²) in [5.41, 5.74) is 3.27. The van der Waals surface area contributed by atoms with Crippen molar-refractivity contribution in [3.8, 4) is 5.69 Å². The number of hydrogen-bond acceptors (Lipinski definition) is 1. The van der Waals surface area contributed by atoms with Crippen LogP contribution in [-0.4, -0.2) is 14.5 Å². The van der Waals surface area contributed by atoms with Crippen molar-refractivity contribution < 1.29 is 0 Å². The van der Waals surface area contributed by atoms with Crippen molar-refractivity contribution in [2.45, 2.75) is 0 Å². The van der Waals surface area contributed by atoms with Gasteiger partial charge in [0.25, 0.3) is 0 Å². The second kappa shape index (κ2) is 3.47. The lowest BCUT2D eigenvalue weighted by molar-refractivity contribution is 1.14. The number of hydrogen-bond donors (Lipinski definition) is 1. The molecule has 3 aromatic heterocycles. The second-order valence-electron chi connectivity index (χ2n) is 4.32. The molecule has 3 heterocycles. The molecule has 3 nitrogen and oxygen atoms in total. The van der Waals surface area contributed by atoms with E-state index in [1.54, 1.807) is 6.20 Å². The van der Waals surface area contributed by atoms with E-state index in [1.807, 2.05) is 12.3 Å². The number of aromatic nitrogens is 3. The Labute approximate surface area is 104 Å². The van der Waals surface area contributed by atoms with Crippen LogP contribution in [0.2, 0.25) is 0 Å². The first-order valence-electron chi connectivity index (χ1n) is 5.92. The molecule has 4 aromatic rings. The molecule has 4 rings (SSSR count). The minimum absolute atomic E-state index is 0.922. The fourth-order valence-corrected chi connectivity index (χ4v) is 2.43. The first kappa shape index (κ1) is 9.48. The van der Waals surface area contributed by atoms with Crippen LogP contribution in [-0.2, 0) is 0 Å². The number of aromatic amines is 1. The van der Waals surface area contributed by atoms with E-state index in [0.717, 1.165) is 16.7 Å². The highest BCUT2D eigenvalue weighted by atomic mass is 15.0. The van der Waals surface area contributed by atoms with Crippen LogP contribution in [0.1, 0.15) is 0 Å². The normalized spacial score (nSPS) is 11.3. The molecule has 0 saturated heterocycles. The number of nitrogens with one attached hydrogen (secondary N) is 1. The van der Waals surface area contributed by atoms with Crippen molar-refractivity contribution in [1.29, 1.82) is 0 Å². The molecule has 18 heavy (non-hydrogen) atoms. The molecule has 0 bridgehead atoms. The van der Waals surface area contributed by atoms with Crippen molar-refractivity contribution >= 4 is 21.9 Å². The predicted octanol–water partition coefficient (Wildman–Crippen LogP) is 3.51. The van der Waals surface area contributed by atoms with Crippen LogP contribution in [0, 0.1) is 0 Å². The average molecular weight is 233 g/mol. The lowest BCUT2D eigenvalue weighted by Gasteiger charge is -2.03. The van der Waals surface area contributed by atoms with E-state index in [4.69, 9.17) is 0 Å². The molecule has 0 aliphatic heterocycles. The van der Waals surface area contributed by atoms with Gasteiger partial charge >= 0.3 is 0 Å². The van der Waals surface area contributed by atoms with Gasteiger partial charge in [-0.05, 0) is 29.7 Å². The summed E-state index contributed by atoms with van der Waals surface area (Å²) in [4.78, 5) is 7.53. The fourth-order valence-electron chi connectivity index (χ4n) is 2.43. The first-order valence-corrected chi connectivity index (χ1v) is 5.92. The van der Waals surface area contributed by atoms with Crippen LogP contribution < -0.4 is 0 Å². The number of nitrogens with zero attached hydrogens (tertiary/aromatic N) is 2. The molecule has 0 spiro atoms. The van der Waals surface area contributed by atoms with Crippen molar-refractivity contribution in [3.63, 3.8) is 0 Å². The van der Waals surface area contributed by atoms with E-state index in [2.05, 4.69) is 57.1 Å². The van der Waals surface area contributed by atoms with Gasteiger partial charge in [0.2, 0.25) is 0 Å². The summed E-state index contributed by atoms with van der Waals surface area (Å²) in [6, 6.07) is 14.6. The molecule has 0 radical (unpaired) electrons. The van der Waals surface area contributed by atoms with E-state index < -0.39 is 0 Å². The Kier molecular flexibility index (Phi) is 1.83. The largest absolute Gasteiger partial charge is 0.344 e. The van der Waals surface area contributed by atoms with Gasteiger partial charge in [0, 0.05) is 24.0 Å². The van der Waals surface area contributed by atoms with E-state index in [-0.39, 0.29) is 0 Å². The summed E-state index contributed by atoms with van der Waals surface area (Å²) in [6.07, 6.45) is 5.90. The number of H-pyrrole nitrogens is 1. The molecule has 0 unspecified atom stereocenters. The molecule has 0 fully saturated rings. The van der Waals surface area contributed by atoms with E-state index in [0.29, 0.717) is 0 Å². The highest BCUT2D eigenvalue weighted by Crippen LogP contribution is 2.25. The van der Waals surface area contributed by atoms with Gasteiger partial charge in [-0.15, -0.1) is 0 Å². The number of pyridine rings is 1. The minimum atomic E-state index is 0.922. The quantitative estimate of drug-likeness (QED) is 0.536. The van der Waals surface area contributed by atoms with Crippen molar-refractivity contribution in [3.05, 3.63) is 61.1 Å². The molecule has 1 aromatic carbocycles. The highest BCUT2D eigenvalue weighted by molar-refractivity contribution is 5.89. The lowest BCUT2D eigenvalue weighted by Crippen LogP contribution is -1.89. The summed E-state index contributed by atoms with van der Waals surface area (Å²) < 4.78 is 2.19. The summed E-state index contributed by atoms with van der Waals surface area (Å²) >= 11 is 0. The van der Waals surface area contributed by atoms with Gasteiger partial charge in [0.15, 0.2) is 0 Å². The molecule has 0 aliphatic carbocycles. The minimum Gasteiger partial charge on any atom is -0.344 e. The van der Waals surface area contributed by atoms with Crippen LogP contribution in [0.25, 0.3) is 27.6 Å². The van der Waals surface area contributed by atoms with Crippen molar-refractivity contribution in [2.75, 3.05) is 0 Å². The van der Waals surface area contributed by atoms with Crippen molar-refractivity contribution in [1.82, 2.24) is 14.5 Å². The van der Waals surface area contributed by atoms with Crippen LogP contribution in [0.5, 0.6) is 0 Å². The number of para-hydroxylation sites is 1. The molecule has 0 atom stereocenters. The summed E-state index contributed by atoms with van der Waals surface area (Å²) in [7, 11) is 0. The lowest BCUT2D eigenvalue weighted by atomic mass is 10.2. The van der Waals surface area contributed by atoms with Gasteiger partial charge in [0.1, 0.15) is 5.65 Å². The van der Waals surface area contributed by atoms with Gasteiger partial charge in [0.05, 0.1) is 11.2 Å². The molecular weight excluding hydrogens is 222 g/mol. The Morgan fingerprint density at radius 1 is 1.00 bits per heavy atom. The van der Waals surface area contributed by atoms with E-state index in [1.165, 1.54) is 10.9 Å². The average Bonchev–Trinajstić information content (AvgIpc) is 3.01. The third-order valence-corrected chi connectivity index (χ3v) is 3.29. The second-order valence-corrected chi connectivity index (χ2v) is 4.32. The zero-order valence-electron chi connectivity index (χ0n) is 9.67. The maximum atomic E-state index is 4.32. The Balaban J connectivity index is 2.08. The first-order chi connectivity index (χ1) is 8.93. The SMILES string of the molecule is c1ccc2c(c1)ccn2-c1c[nH]c2ncccc12. The standard InChI is InChI=1S/C15H11N3/c1-2-6-13-11(4-1)7-9-18(13)14-10-17-15-12(14)5-3-8-16-15/h1-10H,(H,16,17). The Morgan fingerprint density at radius 3 is 2.94 bits per heavy atom. The van der Waals surface area contributed by atoms with Gasteiger partial charge in [-0.25, -0.2) is 4.98 Å². The monoisotopic (exact) mass is 233 g/mol. The number of rotatable bonds is 1. The molecule has 3 heteroatoms. The highest BCUT2D eigenvalue weighted by Gasteiger charge is 2.08. The number of fused-ring (bicyclic) bond motifs is 2. The predicted molar refractivity (Wildman–Crippen MR) is 72.9 cm³/mol. The molecule has 0 amide bonds. The molecule has 0 saturated carbocycles. The summed E-state index contributed by atoms with van der Waals surface area (Å²) in [5.74, 6) is 0. The van der Waals surface area contributed by atoms with Gasteiger partial charge < -0.3 is 9.55 Å².